The number of carbonyl (C=O) groups excluding carboxylic acids is 1. The molecule has 0 unspecified atom stereocenters. The highest BCUT2D eigenvalue weighted by Gasteiger charge is 2.31. The lowest BCUT2D eigenvalue weighted by molar-refractivity contribution is -0.126. The highest BCUT2D eigenvalue weighted by atomic mass is 32.2. The fourth-order valence-electron chi connectivity index (χ4n) is 5.67. The molecule has 1 fully saturated rings. The number of hydrogen-bond donors (Lipinski definition) is 0. The molecule has 4 aromatic rings. The van der Waals surface area contributed by atoms with Crippen LogP contribution in [0.4, 0.5) is 14.6 Å². The van der Waals surface area contributed by atoms with Crippen molar-refractivity contribution in [1.82, 2.24) is 24.4 Å². The molecule has 8 nitrogen and oxygen atoms in total. The Labute approximate surface area is 259 Å². The number of amides is 1. The second-order valence-corrected chi connectivity index (χ2v) is 13.2. The molecule has 5 rings (SSSR count). The number of thioether (sulfide) groups is 1. The molecular weight excluding hydrogens is 582 g/mol. The summed E-state index contributed by atoms with van der Waals surface area (Å²) in [6, 6.07) is 7.46. The molecule has 0 N–H and O–H groups in total. The van der Waals surface area contributed by atoms with Gasteiger partial charge < -0.3 is 9.80 Å². The fourth-order valence-corrected chi connectivity index (χ4v) is 6.65. The van der Waals surface area contributed by atoms with E-state index in [1.165, 1.54) is 34.5 Å². The summed E-state index contributed by atoms with van der Waals surface area (Å²) in [6.45, 7) is 16.4. The van der Waals surface area contributed by atoms with Crippen LogP contribution in [-0.2, 0) is 4.79 Å². The predicted octanol–water partition coefficient (Wildman–Crippen LogP) is 6.28. The average Bonchev–Trinajstić information content (AvgIpc) is 2.97. The first kappa shape index (κ1) is 31.3. The Kier molecular flexibility index (Phi) is 8.88. The molecule has 3 aromatic heterocycles. The van der Waals surface area contributed by atoms with Gasteiger partial charge in [-0.3, -0.25) is 9.78 Å². The summed E-state index contributed by atoms with van der Waals surface area (Å²) in [6.07, 6.45) is 2.96. The number of benzene rings is 1. The number of anilines is 1. The molecule has 0 aliphatic carbocycles. The summed E-state index contributed by atoms with van der Waals surface area (Å²) in [7, 11) is 0. The molecule has 1 aliphatic heterocycles. The van der Waals surface area contributed by atoms with Crippen LogP contribution in [0.5, 0.6) is 0 Å². The van der Waals surface area contributed by atoms with Crippen molar-refractivity contribution >= 4 is 34.5 Å². The second-order valence-electron chi connectivity index (χ2n) is 11.6. The number of fused-ring (bicyclic) bond motifs is 1. The van der Waals surface area contributed by atoms with Crippen molar-refractivity contribution in [3.63, 3.8) is 0 Å². The Balaban J connectivity index is 1.84. The van der Waals surface area contributed by atoms with Gasteiger partial charge in [-0.05, 0) is 55.7 Å². The third-order valence-corrected chi connectivity index (χ3v) is 8.75. The van der Waals surface area contributed by atoms with Gasteiger partial charge in [0.25, 0.3) is 0 Å². The van der Waals surface area contributed by atoms with Crippen LogP contribution >= 0.6 is 11.8 Å². The van der Waals surface area contributed by atoms with Gasteiger partial charge in [0, 0.05) is 42.0 Å². The summed E-state index contributed by atoms with van der Waals surface area (Å²) in [5, 5.41) is 0.404. The highest BCUT2D eigenvalue weighted by molar-refractivity contribution is 8.00. The molecule has 0 spiro atoms. The van der Waals surface area contributed by atoms with Gasteiger partial charge in [-0.25, -0.2) is 23.1 Å². The van der Waals surface area contributed by atoms with E-state index in [2.05, 4.69) is 16.5 Å². The number of aromatic nitrogens is 4. The maximum absolute atomic E-state index is 16.2. The standard InChI is InChI=1S/C33H36F2N6O2S/c1-8-26(42)39-14-15-40(21(7)17-39)31-22-16-24(35)29(27-23(34)10-9-11-25(27)44-19(4)5)37-32(22)41(33(43)38-31)30-20(6)12-13-36-28(30)18(2)3/h8-13,16,18-19,21H,1,14-15,17H2,2-7H3/t21-/m0/s1. The normalized spacial score (nSPS) is 15.5. The van der Waals surface area contributed by atoms with E-state index in [9.17, 15) is 9.59 Å². The number of pyridine rings is 2. The van der Waals surface area contributed by atoms with Gasteiger partial charge in [0.1, 0.15) is 17.3 Å². The monoisotopic (exact) mass is 618 g/mol. The SMILES string of the molecule is C=CC(=O)N1CCN(c2nc(=O)n(-c3c(C)ccnc3C(C)C)c3nc(-c4c(F)cccc4SC(C)C)c(F)cc23)[C@@H](C)C1. The van der Waals surface area contributed by atoms with Crippen LogP contribution in [0.15, 0.2) is 58.9 Å². The Morgan fingerprint density at radius 1 is 1.11 bits per heavy atom. The van der Waals surface area contributed by atoms with Crippen molar-refractivity contribution in [1.29, 1.82) is 0 Å². The first-order valence-electron chi connectivity index (χ1n) is 14.7. The fraction of sp³-hybridized carbons (Fsp3) is 0.364. The van der Waals surface area contributed by atoms with Crippen molar-refractivity contribution in [2.24, 2.45) is 0 Å². The van der Waals surface area contributed by atoms with E-state index in [4.69, 9.17) is 4.98 Å². The third kappa shape index (κ3) is 5.72. The zero-order chi connectivity index (χ0) is 31.9. The summed E-state index contributed by atoms with van der Waals surface area (Å²) >= 11 is 1.41. The molecule has 4 heterocycles. The van der Waals surface area contributed by atoms with Crippen LogP contribution < -0.4 is 10.6 Å². The number of rotatable bonds is 7. The van der Waals surface area contributed by atoms with E-state index >= 15 is 8.78 Å². The van der Waals surface area contributed by atoms with E-state index in [1.54, 1.807) is 29.3 Å². The van der Waals surface area contributed by atoms with Crippen LogP contribution in [0.1, 0.15) is 51.8 Å². The maximum Gasteiger partial charge on any atom is 0.355 e. The molecule has 1 aromatic carbocycles. The number of nitrogens with zero attached hydrogens (tertiary/aromatic N) is 6. The molecule has 0 saturated carbocycles. The lowest BCUT2D eigenvalue weighted by Gasteiger charge is -2.40. The minimum Gasteiger partial charge on any atom is -0.350 e. The van der Waals surface area contributed by atoms with Gasteiger partial charge in [0.2, 0.25) is 5.91 Å². The Hall–Kier alpha value is -4.12. The first-order valence-corrected chi connectivity index (χ1v) is 15.5. The maximum atomic E-state index is 16.2. The number of hydrogen-bond acceptors (Lipinski definition) is 7. The van der Waals surface area contributed by atoms with Crippen LogP contribution in [0, 0.1) is 18.6 Å². The zero-order valence-corrected chi connectivity index (χ0v) is 26.6. The molecule has 1 atom stereocenters. The van der Waals surface area contributed by atoms with Crippen LogP contribution in [0.3, 0.4) is 0 Å². The van der Waals surface area contributed by atoms with Crippen molar-refractivity contribution in [2.75, 3.05) is 24.5 Å². The van der Waals surface area contributed by atoms with Crippen molar-refractivity contribution in [3.8, 4) is 16.9 Å². The third-order valence-electron chi connectivity index (χ3n) is 7.69. The average molecular weight is 619 g/mol. The van der Waals surface area contributed by atoms with Gasteiger partial charge in [0.15, 0.2) is 11.5 Å². The summed E-state index contributed by atoms with van der Waals surface area (Å²) < 4.78 is 33.1. The van der Waals surface area contributed by atoms with Crippen LogP contribution in [-0.4, -0.2) is 61.3 Å². The molecule has 1 saturated heterocycles. The largest absolute Gasteiger partial charge is 0.355 e. The molecule has 1 amide bonds. The van der Waals surface area contributed by atoms with E-state index in [1.807, 2.05) is 46.4 Å². The van der Waals surface area contributed by atoms with E-state index in [0.717, 1.165) is 5.56 Å². The highest BCUT2D eigenvalue weighted by Crippen LogP contribution is 2.38. The van der Waals surface area contributed by atoms with Crippen molar-refractivity contribution in [3.05, 3.63) is 82.6 Å². The summed E-state index contributed by atoms with van der Waals surface area (Å²) in [5.74, 6) is -1.32. The number of piperazine rings is 1. The minimum atomic E-state index is -0.735. The van der Waals surface area contributed by atoms with E-state index < -0.39 is 17.3 Å². The minimum absolute atomic E-state index is 0.0415. The van der Waals surface area contributed by atoms with Gasteiger partial charge in [-0.15, -0.1) is 11.8 Å². The van der Waals surface area contributed by atoms with Crippen LogP contribution in [0.25, 0.3) is 28.0 Å². The molecule has 0 bridgehead atoms. The zero-order valence-electron chi connectivity index (χ0n) is 25.8. The molecular formula is C33H36F2N6O2S. The molecule has 11 heteroatoms. The van der Waals surface area contributed by atoms with Crippen molar-refractivity contribution < 1.29 is 13.6 Å². The topological polar surface area (TPSA) is 84.2 Å². The van der Waals surface area contributed by atoms with E-state index in [0.29, 0.717) is 41.3 Å². The Morgan fingerprint density at radius 2 is 1.86 bits per heavy atom. The van der Waals surface area contributed by atoms with Gasteiger partial charge in [-0.1, -0.05) is 40.3 Å². The quantitative estimate of drug-likeness (QED) is 0.178. The summed E-state index contributed by atoms with van der Waals surface area (Å²) in [5.41, 5.74) is 1.32. The predicted molar refractivity (Wildman–Crippen MR) is 172 cm³/mol. The van der Waals surface area contributed by atoms with Gasteiger partial charge in [-0.2, -0.15) is 4.98 Å². The lowest BCUT2D eigenvalue weighted by Crippen LogP contribution is -2.54. The molecule has 1 aliphatic rings. The van der Waals surface area contributed by atoms with E-state index in [-0.39, 0.29) is 45.8 Å². The number of carbonyl (C=O) groups is 1. The van der Waals surface area contributed by atoms with Gasteiger partial charge >= 0.3 is 5.69 Å². The van der Waals surface area contributed by atoms with Crippen molar-refractivity contribution in [2.45, 2.75) is 63.6 Å². The molecule has 44 heavy (non-hydrogen) atoms. The molecule has 230 valence electrons. The molecule has 0 radical (unpaired) electrons. The Bertz CT molecular complexity index is 1820. The summed E-state index contributed by atoms with van der Waals surface area (Å²) in [4.78, 5) is 44.3. The number of aryl methyl sites for hydroxylation is 1. The van der Waals surface area contributed by atoms with Gasteiger partial charge in [0.05, 0.1) is 22.3 Å². The Morgan fingerprint density at radius 3 is 2.52 bits per heavy atom. The number of halogens is 2. The first-order chi connectivity index (χ1) is 20.9. The van der Waals surface area contributed by atoms with Crippen LogP contribution in [0.2, 0.25) is 0 Å². The smallest absolute Gasteiger partial charge is 0.350 e. The lowest BCUT2D eigenvalue weighted by atomic mass is 10.0. The second kappa shape index (κ2) is 12.5.